The number of likely N-dealkylation sites (tertiary alicyclic amines) is 1. The van der Waals surface area contributed by atoms with Gasteiger partial charge in [0.05, 0.1) is 5.69 Å². The highest BCUT2D eigenvalue weighted by molar-refractivity contribution is 7.07. The van der Waals surface area contributed by atoms with E-state index < -0.39 is 11.8 Å². The highest BCUT2D eigenvalue weighted by atomic mass is 32.1. The second kappa shape index (κ2) is 7.11. The van der Waals surface area contributed by atoms with Gasteiger partial charge in [-0.15, -0.1) is 5.10 Å². The number of hydrogen-bond acceptors (Lipinski definition) is 6. The van der Waals surface area contributed by atoms with Crippen LogP contribution in [0, 0.1) is 6.92 Å². The predicted octanol–water partition coefficient (Wildman–Crippen LogP) is 0.0101. The Labute approximate surface area is 126 Å². The molecule has 0 atom stereocenters. The molecular formula is C12H17N5O3S. The minimum absolute atomic E-state index is 0.0172. The largest absolute Gasteiger partial charge is 0.333 e. The van der Waals surface area contributed by atoms with E-state index in [9.17, 15) is 14.4 Å². The van der Waals surface area contributed by atoms with Gasteiger partial charge in [0.25, 0.3) is 11.8 Å². The summed E-state index contributed by atoms with van der Waals surface area (Å²) in [6, 6.07) is 0. The van der Waals surface area contributed by atoms with Gasteiger partial charge in [0.15, 0.2) is 0 Å². The molecule has 8 nitrogen and oxygen atoms in total. The molecule has 3 amide bonds. The fraction of sp³-hybridized carbons (Fsp3) is 0.583. The van der Waals surface area contributed by atoms with Crippen LogP contribution >= 0.6 is 11.5 Å². The molecule has 2 rings (SSSR count). The Morgan fingerprint density at radius 2 is 2.10 bits per heavy atom. The minimum atomic E-state index is -0.460. The van der Waals surface area contributed by atoms with Crippen molar-refractivity contribution in [2.24, 2.45) is 0 Å². The van der Waals surface area contributed by atoms with Crippen LogP contribution in [0.4, 0.5) is 0 Å². The molecule has 2 N–H and O–H groups in total. The van der Waals surface area contributed by atoms with Gasteiger partial charge in [-0.1, -0.05) is 10.9 Å². The topological polar surface area (TPSA) is 104 Å². The average Bonchev–Trinajstić information content (AvgIpc) is 2.79. The molecule has 1 fully saturated rings. The molecule has 21 heavy (non-hydrogen) atoms. The second-order valence-electron chi connectivity index (χ2n) is 4.82. The predicted molar refractivity (Wildman–Crippen MR) is 75.3 cm³/mol. The third kappa shape index (κ3) is 4.22. The summed E-state index contributed by atoms with van der Waals surface area (Å²) < 4.78 is 3.65. The molecule has 1 aliphatic rings. The van der Waals surface area contributed by atoms with Crippen molar-refractivity contribution in [3.05, 3.63) is 10.6 Å². The molecule has 0 radical (unpaired) electrons. The molecule has 1 aromatic rings. The number of nitrogens with one attached hydrogen (secondary N) is 2. The first kappa shape index (κ1) is 15.4. The monoisotopic (exact) mass is 311 g/mol. The van der Waals surface area contributed by atoms with E-state index in [1.54, 1.807) is 6.92 Å². The first-order valence-electron chi connectivity index (χ1n) is 6.74. The van der Waals surface area contributed by atoms with E-state index in [-0.39, 0.29) is 12.5 Å². The third-order valence-electron chi connectivity index (χ3n) is 3.18. The van der Waals surface area contributed by atoms with Crippen LogP contribution < -0.4 is 10.9 Å². The first-order chi connectivity index (χ1) is 10.1. The maximum atomic E-state index is 11.8. The number of carbonyl (C=O) groups is 3. The molecule has 1 saturated heterocycles. The van der Waals surface area contributed by atoms with E-state index in [2.05, 4.69) is 20.4 Å². The van der Waals surface area contributed by atoms with E-state index in [4.69, 9.17) is 0 Å². The van der Waals surface area contributed by atoms with Crippen molar-refractivity contribution in [1.29, 1.82) is 0 Å². The lowest BCUT2D eigenvalue weighted by molar-refractivity contribution is -0.135. The maximum absolute atomic E-state index is 11.8. The lowest BCUT2D eigenvalue weighted by Crippen LogP contribution is -2.47. The first-order valence-corrected chi connectivity index (χ1v) is 7.51. The van der Waals surface area contributed by atoms with Crippen molar-refractivity contribution in [1.82, 2.24) is 25.3 Å². The molecular weight excluding hydrogens is 294 g/mol. The van der Waals surface area contributed by atoms with Crippen LogP contribution in [0.5, 0.6) is 0 Å². The van der Waals surface area contributed by atoms with Crippen LogP contribution in [-0.4, -0.2) is 45.3 Å². The molecule has 0 bridgehead atoms. The zero-order chi connectivity index (χ0) is 15.2. The normalized spacial score (nSPS) is 15.5. The molecule has 1 aliphatic heterocycles. The molecule has 0 saturated carbocycles. The standard InChI is InChI=1S/C12H17N5O3S/c1-8-11(21-16-13-8)12(20)15-14-9(18)7-17-6-4-2-3-5-10(17)19/h2-7H2,1H3,(H,14,18)(H,15,20). The van der Waals surface area contributed by atoms with Gasteiger partial charge < -0.3 is 4.90 Å². The van der Waals surface area contributed by atoms with Crippen LogP contribution in [0.25, 0.3) is 0 Å². The van der Waals surface area contributed by atoms with E-state index in [1.807, 2.05) is 0 Å². The number of rotatable bonds is 3. The van der Waals surface area contributed by atoms with Gasteiger partial charge in [-0.05, 0) is 31.3 Å². The number of nitrogens with zero attached hydrogens (tertiary/aromatic N) is 3. The molecule has 0 unspecified atom stereocenters. The van der Waals surface area contributed by atoms with Crippen molar-refractivity contribution < 1.29 is 14.4 Å². The number of carbonyl (C=O) groups excluding carboxylic acids is 3. The number of aromatic nitrogens is 2. The van der Waals surface area contributed by atoms with Crippen LogP contribution in [0.2, 0.25) is 0 Å². The average molecular weight is 311 g/mol. The van der Waals surface area contributed by atoms with E-state index in [1.165, 1.54) is 4.90 Å². The summed E-state index contributed by atoms with van der Waals surface area (Å²) in [6.07, 6.45) is 3.24. The molecule has 0 aromatic carbocycles. The summed E-state index contributed by atoms with van der Waals surface area (Å²) in [5, 5.41) is 3.72. The third-order valence-corrected chi connectivity index (χ3v) is 4.01. The summed E-state index contributed by atoms with van der Waals surface area (Å²) in [6.45, 7) is 2.20. The van der Waals surface area contributed by atoms with Crippen LogP contribution in [-0.2, 0) is 9.59 Å². The van der Waals surface area contributed by atoms with Crippen LogP contribution in [0.15, 0.2) is 0 Å². The van der Waals surface area contributed by atoms with Gasteiger partial charge >= 0.3 is 0 Å². The van der Waals surface area contributed by atoms with Crippen molar-refractivity contribution >= 4 is 29.3 Å². The van der Waals surface area contributed by atoms with Crippen LogP contribution in [0.3, 0.4) is 0 Å². The Morgan fingerprint density at radius 1 is 1.29 bits per heavy atom. The highest BCUT2D eigenvalue weighted by Crippen LogP contribution is 2.10. The van der Waals surface area contributed by atoms with Crippen molar-refractivity contribution in [2.75, 3.05) is 13.1 Å². The summed E-state index contributed by atoms with van der Waals surface area (Å²) in [5.41, 5.74) is 5.11. The van der Waals surface area contributed by atoms with Crippen LogP contribution in [0.1, 0.15) is 41.0 Å². The summed E-state index contributed by atoms with van der Waals surface area (Å²) in [4.78, 5) is 37.2. The number of hydrazine groups is 1. The minimum Gasteiger partial charge on any atom is -0.333 e. The summed E-state index contributed by atoms with van der Waals surface area (Å²) in [5.74, 6) is -0.900. The second-order valence-corrected chi connectivity index (χ2v) is 5.57. The highest BCUT2D eigenvalue weighted by Gasteiger charge is 2.20. The number of aryl methyl sites for hydroxylation is 1. The molecule has 0 spiro atoms. The maximum Gasteiger partial charge on any atom is 0.283 e. The Bertz CT molecular complexity index is 545. The molecule has 1 aromatic heterocycles. The Kier molecular flexibility index (Phi) is 5.20. The Morgan fingerprint density at radius 3 is 2.81 bits per heavy atom. The van der Waals surface area contributed by atoms with E-state index >= 15 is 0 Å². The van der Waals surface area contributed by atoms with Gasteiger partial charge in [-0.25, -0.2) is 0 Å². The lowest BCUT2D eigenvalue weighted by Gasteiger charge is -2.19. The van der Waals surface area contributed by atoms with Gasteiger partial charge in [-0.2, -0.15) is 0 Å². The zero-order valence-electron chi connectivity index (χ0n) is 11.7. The smallest absolute Gasteiger partial charge is 0.283 e. The van der Waals surface area contributed by atoms with Crippen molar-refractivity contribution in [2.45, 2.75) is 32.6 Å². The van der Waals surface area contributed by atoms with E-state index in [0.29, 0.717) is 23.5 Å². The lowest BCUT2D eigenvalue weighted by atomic mass is 10.2. The number of amides is 3. The molecule has 0 aliphatic carbocycles. The van der Waals surface area contributed by atoms with Gasteiger partial charge in [0.2, 0.25) is 5.91 Å². The molecule has 9 heteroatoms. The Balaban J connectivity index is 1.80. The van der Waals surface area contributed by atoms with Gasteiger partial charge in [0, 0.05) is 13.0 Å². The fourth-order valence-electron chi connectivity index (χ4n) is 2.04. The SMILES string of the molecule is Cc1nnsc1C(=O)NNC(=O)CN1CCCCCC1=O. The summed E-state index contributed by atoms with van der Waals surface area (Å²) >= 11 is 0.959. The summed E-state index contributed by atoms with van der Waals surface area (Å²) in [7, 11) is 0. The van der Waals surface area contributed by atoms with E-state index in [0.717, 1.165) is 30.8 Å². The van der Waals surface area contributed by atoms with Gasteiger partial charge in [0.1, 0.15) is 11.4 Å². The van der Waals surface area contributed by atoms with Gasteiger partial charge in [-0.3, -0.25) is 25.2 Å². The molecule has 2 heterocycles. The van der Waals surface area contributed by atoms with Crippen molar-refractivity contribution in [3.8, 4) is 0 Å². The number of hydrogen-bond donors (Lipinski definition) is 2. The quantitative estimate of drug-likeness (QED) is 0.765. The fourth-order valence-corrected chi connectivity index (χ4v) is 2.59. The molecule has 114 valence electrons. The zero-order valence-corrected chi connectivity index (χ0v) is 12.5. The Hall–Kier alpha value is -2.03. The van der Waals surface area contributed by atoms with Crippen molar-refractivity contribution in [3.63, 3.8) is 0 Å².